The van der Waals surface area contributed by atoms with Crippen molar-refractivity contribution in [1.29, 1.82) is 0 Å². The number of unbranched alkanes of at least 4 members (excludes halogenated alkanes) is 1. The fraction of sp³-hybridized carbons (Fsp3) is 0.583. The first kappa shape index (κ1) is 13.2. The fourth-order valence-electron chi connectivity index (χ4n) is 1.32. The van der Waals surface area contributed by atoms with Crippen molar-refractivity contribution in [2.24, 2.45) is 0 Å². The third-order valence-electron chi connectivity index (χ3n) is 2.13. The van der Waals surface area contributed by atoms with E-state index in [0.717, 1.165) is 12.2 Å². The maximum atomic E-state index is 5.28. The van der Waals surface area contributed by atoms with Crippen molar-refractivity contribution in [1.82, 2.24) is 4.98 Å². The number of nitrogens with one attached hydrogen (secondary N) is 1. The Bertz CT molecular complexity index is 277. The van der Waals surface area contributed by atoms with Crippen LogP contribution in [0.15, 0.2) is 18.3 Å². The molecule has 1 N–H and O–H groups in total. The molecule has 1 heterocycles. The van der Waals surface area contributed by atoms with E-state index < -0.39 is 0 Å². The molecule has 3 nitrogen and oxygen atoms in total. The topological polar surface area (TPSA) is 34.1 Å². The number of nitrogens with zero attached hydrogens (tertiary/aromatic N) is 1. The van der Waals surface area contributed by atoms with E-state index in [0.29, 0.717) is 12.5 Å². The van der Waals surface area contributed by atoms with Gasteiger partial charge in [0.2, 0.25) is 5.88 Å². The van der Waals surface area contributed by atoms with Crippen LogP contribution in [0.25, 0.3) is 0 Å². The number of rotatable bonds is 8. The summed E-state index contributed by atoms with van der Waals surface area (Å²) in [6.07, 6.45) is 6.43. The van der Waals surface area contributed by atoms with Crippen molar-refractivity contribution in [3.63, 3.8) is 0 Å². The van der Waals surface area contributed by atoms with Crippen LogP contribution in [0.2, 0.25) is 0 Å². The van der Waals surface area contributed by atoms with Crippen molar-refractivity contribution in [3.05, 3.63) is 18.3 Å². The van der Waals surface area contributed by atoms with Gasteiger partial charge < -0.3 is 10.1 Å². The Balaban J connectivity index is 2.21. The molecule has 0 radical (unpaired) electrons. The fourth-order valence-corrected chi connectivity index (χ4v) is 1.82. The lowest BCUT2D eigenvalue weighted by Crippen LogP contribution is -2.02. The van der Waals surface area contributed by atoms with Crippen molar-refractivity contribution in [3.8, 4) is 5.88 Å². The first-order valence-corrected chi connectivity index (χ1v) is 7.08. The lowest BCUT2D eigenvalue weighted by atomic mass is 10.3. The standard InChI is InChI=1S/C12H20N2OS/c1-3-15-12-7-6-11(10-14-12)13-8-4-5-9-16-2/h6-7,10,13H,3-5,8-9H2,1-2H3. The van der Waals surface area contributed by atoms with E-state index in [1.54, 1.807) is 0 Å². The molecule has 0 amide bonds. The summed E-state index contributed by atoms with van der Waals surface area (Å²) < 4.78 is 5.28. The molecular formula is C12H20N2OS. The van der Waals surface area contributed by atoms with Crippen LogP contribution in [0.1, 0.15) is 19.8 Å². The van der Waals surface area contributed by atoms with Crippen molar-refractivity contribution in [2.45, 2.75) is 19.8 Å². The van der Waals surface area contributed by atoms with Crippen LogP contribution in [-0.2, 0) is 0 Å². The Hall–Kier alpha value is -0.900. The van der Waals surface area contributed by atoms with Gasteiger partial charge in [0.05, 0.1) is 18.5 Å². The number of pyridine rings is 1. The molecule has 0 spiro atoms. The van der Waals surface area contributed by atoms with Crippen molar-refractivity contribution in [2.75, 3.05) is 30.5 Å². The summed E-state index contributed by atoms with van der Waals surface area (Å²) in [5.41, 5.74) is 1.06. The SMILES string of the molecule is CCOc1ccc(NCCCCSC)cn1. The summed E-state index contributed by atoms with van der Waals surface area (Å²) >= 11 is 1.90. The highest BCUT2D eigenvalue weighted by molar-refractivity contribution is 7.98. The summed E-state index contributed by atoms with van der Waals surface area (Å²) in [5, 5.41) is 3.35. The Labute approximate surface area is 102 Å². The van der Waals surface area contributed by atoms with Crippen LogP contribution in [0.4, 0.5) is 5.69 Å². The Morgan fingerprint density at radius 1 is 1.38 bits per heavy atom. The van der Waals surface area contributed by atoms with Gasteiger partial charge >= 0.3 is 0 Å². The number of aromatic nitrogens is 1. The van der Waals surface area contributed by atoms with Crippen molar-refractivity contribution >= 4 is 17.4 Å². The zero-order valence-corrected chi connectivity index (χ0v) is 10.8. The summed E-state index contributed by atoms with van der Waals surface area (Å²) in [6.45, 7) is 3.63. The van der Waals surface area contributed by atoms with E-state index in [2.05, 4.69) is 16.6 Å². The van der Waals surface area contributed by atoms with E-state index in [9.17, 15) is 0 Å². The molecule has 1 aromatic heterocycles. The second-order valence-electron chi connectivity index (χ2n) is 3.44. The van der Waals surface area contributed by atoms with Gasteiger partial charge in [-0.15, -0.1) is 0 Å². The normalized spacial score (nSPS) is 10.1. The van der Waals surface area contributed by atoms with E-state index in [1.165, 1.54) is 18.6 Å². The molecule has 16 heavy (non-hydrogen) atoms. The van der Waals surface area contributed by atoms with Crippen LogP contribution < -0.4 is 10.1 Å². The second-order valence-corrected chi connectivity index (χ2v) is 4.43. The smallest absolute Gasteiger partial charge is 0.213 e. The Morgan fingerprint density at radius 2 is 2.25 bits per heavy atom. The maximum Gasteiger partial charge on any atom is 0.213 e. The van der Waals surface area contributed by atoms with Crippen LogP contribution in [0.5, 0.6) is 5.88 Å². The number of anilines is 1. The molecule has 0 aliphatic rings. The molecule has 0 unspecified atom stereocenters. The molecule has 1 rings (SSSR count). The zero-order chi connectivity index (χ0) is 11.6. The first-order valence-electron chi connectivity index (χ1n) is 5.68. The highest BCUT2D eigenvalue weighted by atomic mass is 32.2. The molecule has 0 bridgehead atoms. The third kappa shape index (κ3) is 5.26. The van der Waals surface area contributed by atoms with Crippen molar-refractivity contribution < 1.29 is 4.74 Å². The van der Waals surface area contributed by atoms with Gasteiger partial charge in [-0.05, 0) is 37.8 Å². The molecule has 0 saturated carbocycles. The average Bonchev–Trinajstić information content (AvgIpc) is 2.31. The monoisotopic (exact) mass is 240 g/mol. The highest BCUT2D eigenvalue weighted by Gasteiger charge is 1.95. The van der Waals surface area contributed by atoms with Crippen LogP contribution in [-0.4, -0.2) is 30.1 Å². The molecule has 4 heteroatoms. The van der Waals surface area contributed by atoms with Gasteiger partial charge in [0.15, 0.2) is 0 Å². The largest absolute Gasteiger partial charge is 0.478 e. The molecule has 0 saturated heterocycles. The summed E-state index contributed by atoms with van der Waals surface area (Å²) in [7, 11) is 0. The van der Waals surface area contributed by atoms with E-state index >= 15 is 0 Å². The number of hydrogen-bond donors (Lipinski definition) is 1. The van der Waals surface area contributed by atoms with Gasteiger partial charge in [-0.1, -0.05) is 0 Å². The molecule has 0 atom stereocenters. The van der Waals surface area contributed by atoms with Gasteiger partial charge in [0.25, 0.3) is 0 Å². The molecular weight excluding hydrogens is 220 g/mol. The summed E-state index contributed by atoms with van der Waals surface area (Å²) in [4.78, 5) is 4.19. The summed E-state index contributed by atoms with van der Waals surface area (Å²) in [6, 6.07) is 3.90. The second kappa shape index (κ2) is 8.28. The average molecular weight is 240 g/mol. The van der Waals surface area contributed by atoms with Gasteiger partial charge in [-0.3, -0.25) is 0 Å². The lowest BCUT2D eigenvalue weighted by molar-refractivity contribution is 0.327. The quantitative estimate of drug-likeness (QED) is 0.708. The number of hydrogen-bond acceptors (Lipinski definition) is 4. The third-order valence-corrected chi connectivity index (χ3v) is 2.83. The minimum Gasteiger partial charge on any atom is -0.478 e. The van der Waals surface area contributed by atoms with E-state index in [4.69, 9.17) is 4.74 Å². The van der Waals surface area contributed by atoms with Crippen LogP contribution in [0.3, 0.4) is 0 Å². The number of ether oxygens (including phenoxy) is 1. The minimum absolute atomic E-state index is 0.661. The Kier molecular flexibility index (Phi) is 6.81. The minimum atomic E-state index is 0.661. The predicted octanol–water partition coefficient (Wildman–Crippen LogP) is 3.04. The number of thioether (sulfide) groups is 1. The predicted molar refractivity (Wildman–Crippen MR) is 71.5 cm³/mol. The molecule has 1 aromatic rings. The molecule has 0 aliphatic heterocycles. The maximum absolute atomic E-state index is 5.28. The highest BCUT2D eigenvalue weighted by Crippen LogP contribution is 2.11. The van der Waals surface area contributed by atoms with Crippen LogP contribution >= 0.6 is 11.8 Å². The van der Waals surface area contributed by atoms with E-state index in [-0.39, 0.29) is 0 Å². The van der Waals surface area contributed by atoms with Gasteiger partial charge in [-0.2, -0.15) is 11.8 Å². The summed E-state index contributed by atoms with van der Waals surface area (Å²) in [5.74, 6) is 1.93. The Morgan fingerprint density at radius 3 is 2.88 bits per heavy atom. The van der Waals surface area contributed by atoms with Crippen LogP contribution in [0, 0.1) is 0 Å². The van der Waals surface area contributed by atoms with Gasteiger partial charge in [-0.25, -0.2) is 4.98 Å². The van der Waals surface area contributed by atoms with Gasteiger partial charge in [0, 0.05) is 12.6 Å². The molecule has 90 valence electrons. The first-order chi connectivity index (χ1) is 7.86. The molecule has 0 fully saturated rings. The lowest BCUT2D eigenvalue weighted by Gasteiger charge is -2.06. The molecule has 0 aromatic carbocycles. The molecule has 0 aliphatic carbocycles. The van der Waals surface area contributed by atoms with E-state index in [1.807, 2.05) is 37.0 Å². The van der Waals surface area contributed by atoms with Gasteiger partial charge in [0.1, 0.15) is 0 Å². The zero-order valence-electron chi connectivity index (χ0n) is 10.0.